The number of carboxylic acid groups (broad SMARTS) is 1. The quantitative estimate of drug-likeness (QED) is 0.508. The maximum Gasteiger partial charge on any atom is 1.00 e. The molecule has 8 atom stereocenters. The van der Waals surface area contributed by atoms with Gasteiger partial charge >= 0.3 is 29.6 Å². The number of carbonyl (C=O) groups is 2. The SMILES string of the molecule is C[C@H]1CC[C@H]2[C@@H]3CC[C@@H]4C[C@H](NC(=O)C(=O)[O-])CC[C@]4(C)[C@H]3CC[C@]12C.[Na+]. The average molecular weight is 384 g/mol. The number of carbonyl (C=O) groups excluding carboxylic acids is 2. The van der Waals surface area contributed by atoms with Crippen molar-refractivity contribution in [1.82, 2.24) is 5.32 Å². The van der Waals surface area contributed by atoms with Crippen LogP contribution in [0, 0.1) is 40.4 Å². The van der Waals surface area contributed by atoms with E-state index < -0.39 is 11.9 Å². The average Bonchev–Trinajstić information content (AvgIpc) is 2.90. The first-order chi connectivity index (χ1) is 12.3. The fraction of sp³-hybridized carbons (Fsp3) is 0.909. The molecule has 4 saturated carbocycles. The third-order valence-corrected chi connectivity index (χ3v) is 9.66. The molecule has 4 aliphatic rings. The van der Waals surface area contributed by atoms with Gasteiger partial charge in [-0.2, -0.15) is 0 Å². The summed E-state index contributed by atoms with van der Waals surface area (Å²) in [5.41, 5.74) is 0.933. The van der Waals surface area contributed by atoms with E-state index in [9.17, 15) is 14.7 Å². The van der Waals surface area contributed by atoms with Gasteiger partial charge in [0.15, 0.2) is 0 Å². The van der Waals surface area contributed by atoms with E-state index in [1.807, 2.05) is 0 Å². The summed E-state index contributed by atoms with van der Waals surface area (Å²) in [6.07, 6.45) is 11.1. The van der Waals surface area contributed by atoms with E-state index in [0.29, 0.717) is 16.7 Å². The van der Waals surface area contributed by atoms with Crippen LogP contribution >= 0.6 is 0 Å². The van der Waals surface area contributed by atoms with Crippen molar-refractivity contribution in [2.24, 2.45) is 40.4 Å². The molecule has 0 aromatic carbocycles. The topological polar surface area (TPSA) is 69.2 Å². The smallest absolute Gasteiger partial charge is 0.540 e. The Balaban J connectivity index is 0.00000210. The van der Waals surface area contributed by atoms with Gasteiger partial charge in [0.25, 0.3) is 5.91 Å². The fourth-order valence-electron chi connectivity index (χ4n) is 7.90. The fourth-order valence-corrected chi connectivity index (χ4v) is 7.90. The molecule has 0 saturated heterocycles. The second-order valence-electron chi connectivity index (χ2n) is 10.4. The Bertz CT molecular complexity index is 610. The third kappa shape index (κ3) is 3.42. The zero-order valence-corrected chi connectivity index (χ0v) is 19.6. The van der Waals surface area contributed by atoms with Crippen LogP contribution in [-0.2, 0) is 9.59 Å². The van der Waals surface area contributed by atoms with Crippen LogP contribution in [0.15, 0.2) is 0 Å². The van der Waals surface area contributed by atoms with Crippen LogP contribution in [0.5, 0.6) is 0 Å². The summed E-state index contributed by atoms with van der Waals surface area (Å²) < 4.78 is 0. The van der Waals surface area contributed by atoms with E-state index in [0.717, 1.165) is 42.9 Å². The number of hydrogen-bond donors (Lipinski definition) is 1. The zero-order valence-electron chi connectivity index (χ0n) is 17.6. The Morgan fingerprint density at radius 2 is 1.59 bits per heavy atom. The van der Waals surface area contributed by atoms with E-state index in [1.54, 1.807) is 0 Å². The Morgan fingerprint density at radius 3 is 2.30 bits per heavy atom. The van der Waals surface area contributed by atoms with Gasteiger partial charge in [0.2, 0.25) is 0 Å². The predicted octanol–water partition coefficient (Wildman–Crippen LogP) is -0.0961. The number of carboxylic acids is 1. The molecule has 5 heteroatoms. The first-order valence-corrected chi connectivity index (χ1v) is 10.8. The van der Waals surface area contributed by atoms with E-state index in [-0.39, 0.29) is 35.6 Å². The van der Waals surface area contributed by atoms with Gasteiger partial charge in [-0.05, 0) is 98.2 Å². The summed E-state index contributed by atoms with van der Waals surface area (Å²) in [5, 5.41) is 13.4. The van der Waals surface area contributed by atoms with Crippen molar-refractivity contribution in [1.29, 1.82) is 0 Å². The maximum absolute atomic E-state index is 11.5. The molecule has 146 valence electrons. The van der Waals surface area contributed by atoms with Gasteiger partial charge in [-0.1, -0.05) is 20.8 Å². The molecule has 4 rings (SSSR count). The number of aliphatic carboxylic acids is 1. The molecule has 0 bridgehead atoms. The Morgan fingerprint density at radius 1 is 0.926 bits per heavy atom. The van der Waals surface area contributed by atoms with E-state index in [1.165, 1.54) is 38.5 Å². The predicted molar refractivity (Wildman–Crippen MR) is 97.8 cm³/mol. The number of nitrogens with one attached hydrogen (secondary N) is 1. The minimum atomic E-state index is -1.61. The molecule has 0 unspecified atom stereocenters. The van der Waals surface area contributed by atoms with Crippen molar-refractivity contribution in [3.8, 4) is 0 Å². The molecule has 0 heterocycles. The van der Waals surface area contributed by atoms with Crippen LogP contribution in [0.3, 0.4) is 0 Å². The number of hydrogen-bond acceptors (Lipinski definition) is 3. The van der Waals surface area contributed by atoms with Gasteiger partial charge in [0.1, 0.15) is 5.97 Å². The minimum Gasteiger partial charge on any atom is -0.540 e. The van der Waals surface area contributed by atoms with Gasteiger partial charge in [-0.25, -0.2) is 0 Å². The van der Waals surface area contributed by atoms with Crippen LogP contribution in [0.1, 0.15) is 78.6 Å². The molecule has 1 amide bonds. The van der Waals surface area contributed by atoms with Crippen LogP contribution in [-0.4, -0.2) is 17.9 Å². The normalized spacial score (nSPS) is 48.4. The summed E-state index contributed by atoms with van der Waals surface area (Å²) >= 11 is 0. The minimum absolute atomic E-state index is 0. The Labute approximate surface area is 185 Å². The molecule has 0 aliphatic heterocycles. The Hall–Kier alpha value is -0.0600. The first-order valence-electron chi connectivity index (χ1n) is 10.8. The third-order valence-electron chi connectivity index (χ3n) is 9.66. The summed E-state index contributed by atoms with van der Waals surface area (Å²) in [4.78, 5) is 22.2. The van der Waals surface area contributed by atoms with Crippen molar-refractivity contribution in [2.75, 3.05) is 0 Å². The van der Waals surface area contributed by atoms with Crippen LogP contribution < -0.4 is 40.0 Å². The van der Waals surface area contributed by atoms with Crippen LogP contribution in [0.2, 0.25) is 0 Å². The molecule has 4 aliphatic carbocycles. The molecule has 0 radical (unpaired) electrons. The molecule has 27 heavy (non-hydrogen) atoms. The van der Waals surface area contributed by atoms with Crippen molar-refractivity contribution in [2.45, 2.75) is 84.6 Å². The molecule has 0 spiro atoms. The summed E-state index contributed by atoms with van der Waals surface area (Å²) in [6.45, 7) is 7.54. The van der Waals surface area contributed by atoms with E-state index in [2.05, 4.69) is 26.1 Å². The molecule has 4 fully saturated rings. The standard InChI is InChI=1S/C22H35NO3.Na/c1-13-4-7-17-16-6-5-14-12-15(23-19(24)20(25)26)8-10-22(14,3)18(16)9-11-21(13,17)2;/h13-18H,4-12H2,1-3H3,(H,23,24)(H,25,26);/q;+1/p-1/t13-,14+,15+,16-,17-,18-,21+,22-;/m0./s1. The van der Waals surface area contributed by atoms with Gasteiger partial charge < -0.3 is 15.2 Å². The van der Waals surface area contributed by atoms with Crippen LogP contribution in [0.25, 0.3) is 0 Å². The molecular formula is C22H34NNaO3. The second-order valence-corrected chi connectivity index (χ2v) is 10.4. The second kappa shape index (κ2) is 7.65. The van der Waals surface area contributed by atoms with Gasteiger partial charge in [-0.3, -0.25) is 4.79 Å². The molecule has 0 aromatic heterocycles. The Kier molecular flexibility index (Phi) is 6.13. The van der Waals surface area contributed by atoms with Crippen molar-refractivity contribution >= 4 is 11.9 Å². The molecule has 1 N–H and O–H groups in total. The zero-order chi connectivity index (χ0) is 18.7. The van der Waals surface area contributed by atoms with Gasteiger partial charge in [-0.15, -0.1) is 0 Å². The van der Waals surface area contributed by atoms with Crippen molar-refractivity contribution in [3.63, 3.8) is 0 Å². The first kappa shape index (κ1) is 21.6. The van der Waals surface area contributed by atoms with Crippen molar-refractivity contribution < 1.29 is 44.3 Å². The molecular weight excluding hydrogens is 349 g/mol. The van der Waals surface area contributed by atoms with Crippen molar-refractivity contribution in [3.05, 3.63) is 0 Å². The van der Waals surface area contributed by atoms with Gasteiger partial charge in [0, 0.05) is 6.04 Å². The molecule has 4 nitrogen and oxygen atoms in total. The summed E-state index contributed by atoms with van der Waals surface area (Å²) in [5.74, 6) is 1.55. The number of fused-ring (bicyclic) bond motifs is 5. The summed E-state index contributed by atoms with van der Waals surface area (Å²) in [6, 6.07) is 0.00961. The number of rotatable bonds is 1. The van der Waals surface area contributed by atoms with Gasteiger partial charge in [0.05, 0.1) is 0 Å². The van der Waals surface area contributed by atoms with Crippen LogP contribution in [0.4, 0.5) is 0 Å². The number of amides is 1. The molecule has 0 aromatic rings. The van der Waals surface area contributed by atoms with E-state index in [4.69, 9.17) is 0 Å². The largest absolute Gasteiger partial charge is 1.00 e. The van der Waals surface area contributed by atoms with E-state index >= 15 is 0 Å². The summed E-state index contributed by atoms with van der Waals surface area (Å²) in [7, 11) is 0. The maximum atomic E-state index is 11.5. The monoisotopic (exact) mass is 383 g/mol.